The molecule has 0 fully saturated rings. The average molecular weight is 1370 g/mol. The lowest BCUT2D eigenvalue weighted by atomic mass is 9.33. The SMILES string of the molecule is CC(C)(C)c1ccc(N2c3cc(-c4cc5oc6ccccc6c5c5c4oc4ccccc45)ccc3B3c4ccc(N(c5ccccc5)c5ccccc5)cc4N(c4cccc5c4C(C)(C)CCC5(C)C)c4cc(-c5ccc6c(c5)sc5ccc7sc8ccccc8c7c56)cc2c43)c(-c2ccccc2)c1. The molecule has 0 bridgehead atoms. The molecule has 498 valence electrons. The topological polar surface area (TPSA) is 36.0 Å². The lowest BCUT2D eigenvalue weighted by Crippen LogP contribution is -2.61. The van der Waals surface area contributed by atoms with Gasteiger partial charge in [-0.25, -0.2) is 0 Å². The maximum atomic E-state index is 7.21. The number of benzene rings is 14. The van der Waals surface area contributed by atoms with Crippen LogP contribution in [0.1, 0.15) is 78.0 Å². The maximum absolute atomic E-state index is 7.21. The van der Waals surface area contributed by atoms with E-state index in [1.807, 2.05) is 22.7 Å². The fraction of sp³-hybridized carbons (Fsp3) is 0.125. The molecule has 18 aromatic rings. The Kier molecular flexibility index (Phi) is 13.3. The van der Waals surface area contributed by atoms with Crippen molar-refractivity contribution < 1.29 is 8.83 Å². The van der Waals surface area contributed by atoms with E-state index in [0.29, 0.717) is 0 Å². The number of anilines is 9. The van der Waals surface area contributed by atoms with Crippen LogP contribution in [-0.4, -0.2) is 6.71 Å². The summed E-state index contributed by atoms with van der Waals surface area (Å²) in [4.78, 5) is 7.82. The van der Waals surface area contributed by atoms with E-state index in [1.165, 1.54) is 90.4 Å². The summed E-state index contributed by atoms with van der Waals surface area (Å²) < 4.78 is 19.4. The molecule has 0 unspecified atom stereocenters. The number of hydrogen-bond acceptors (Lipinski definition) is 7. The van der Waals surface area contributed by atoms with Gasteiger partial charge in [-0.2, -0.15) is 0 Å². The molecule has 0 amide bonds. The first-order chi connectivity index (χ1) is 50.7. The molecular weight excluding hydrogens is 1300 g/mol. The van der Waals surface area contributed by atoms with Crippen LogP contribution in [0.4, 0.5) is 51.2 Å². The molecule has 3 aliphatic rings. The van der Waals surface area contributed by atoms with E-state index in [4.69, 9.17) is 8.83 Å². The Morgan fingerprint density at radius 3 is 1.65 bits per heavy atom. The number of nitrogens with zero attached hydrogens (tertiary/aromatic N) is 3. The molecule has 1 aliphatic carbocycles. The Balaban J connectivity index is 0.903. The zero-order valence-electron chi connectivity index (χ0n) is 59.1. The smallest absolute Gasteiger partial charge is 0.252 e. The van der Waals surface area contributed by atoms with Gasteiger partial charge in [-0.1, -0.05) is 218 Å². The van der Waals surface area contributed by atoms with Gasteiger partial charge < -0.3 is 23.5 Å². The van der Waals surface area contributed by atoms with Gasteiger partial charge in [-0.05, 0) is 200 Å². The van der Waals surface area contributed by atoms with Gasteiger partial charge in [0.2, 0.25) is 0 Å². The van der Waals surface area contributed by atoms with Crippen molar-refractivity contribution in [2.75, 3.05) is 14.7 Å². The molecule has 0 radical (unpaired) electrons. The minimum Gasteiger partial charge on any atom is -0.456 e. The zero-order chi connectivity index (χ0) is 69.6. The highest BCUT2D eigenvalue weighted by Crippen LogP contribution is 2.57. The van der Waals surface area contributed by atoms with Crippen LogP contribution in [0.15, 0.2) is 294 Å². The van der Waals surface area contributed by atoms with E-state index in [9.17, 15) is 0 Å². The molecule has 0 N–H and O–H groups in total. The average Bonchev–Trinajstić information content (AvgIpc) is 0.899. The van der Waals surface area contributed by atoms with E-state index in [1.54, 1.807) is 0 Å². The van der Waals surface area contributed by atoms with Crippen LogP contribution in [0.2, 0.25) is 0 Å². The zero-order valence-corrected chi connectivity index (χ0v) is 60.7. The van der Waals surface area contributed by atoms with Crippen LogP contribution in [0.3, 0.4) is 0 Å². The predicted molar refractivity (Wildman–Crippen MR) is 446 cm³/mol. The molecule has 2 aliphatic heterocycles. The highest BCUT2D eigenvalue weighted by molar-refractivity contribution is 7.28. The summed E-state index contributed by atoms with van der Waals surface area (Å²) in [5.41, 5.74) is 27.6. The van der Waals surface area contributed by atoms with E-state index < -0.39 is 0 Å². The van der Waals surface area contributed by atoms with Crippen LogP contribution < -0.4 is 31.1 Å². The summed E-state index contributed by atoms with van der Waals surface area (Å²) in [6.45, 7) is 16.7. The van der Waals surface area contributed by atoms with Gasteiger partial charge in [0, 0.05) is 113 Å². The minimum atomic E-state index is -0.230. The van der Waals surface area contributed by atoms with E-state index in [0.717, 1.165) is 124 Å². The molecule has 0 spiro atoms. The van der Waals surface area contributed by atoms with Crippen molar-refractivity contribution in [2.24, 2.45) is 0 Å². The third-order valence-electron chi connectivity index (χ3n) is 23.2. The number of thiophene rings is 2. The number of para-hydroxylation sites is 4. The standard InChI is InChI=1S/C96H72BN3O2S2/c1-94(2,3)61-40-45-74(69(54-61)57-24-11-8-12-25-57)99-76-50-59(70-56-82-87(65-30-17-20-35-80(65)101-82)90-66-31-18-21-36-81(66)102-93(70)90)39-43-72(76)97-73-44-41-64(98(62-26-13-9-14-27-62)63-28-15-10-16-29-63)55-77(73)100(75-34-23-33-71-91(75)96(6,7)49-48-95(71,4)5)79-52-60(51-78(99)92(79)97)58-38-42-68-86(53-58)104-85-47-46-84-88(89(68)85)67-32-19-22-37-83(67)103-84/h8-47,50-56H,48-49H2,1-7H3. The van der Waals surface area contributed by atoms with E-state index in [-0.39, 0.29) is 23.0 Å². The predicted octanol–water partition coefficient (Wildman–Crippen LogP) is 26.4. The van der Waals surface area contributed by atoms with Crippen LogP contribution in [0.5, 0.6) is 0 Å². The normalized spacial score (nSPS) is 14.5. The number of hydrogen-bond donors (Lipinski definition) is 0. The van der Waals surface area contributed by atoms with Crippen LogP contribution in [0, 0.1) is 0 Å². The fourth-order valence-corrected chi connectivity index (χ4v) is 20.4. The Bertz CT molecular complexity index is 6590. The number of furan rings is 2. The molecule has 0 saturated heterocycles. The first-order valence-corrected chi connectivity index (χ1v) is 38.2. The van der Waals surface area contributed by atoms with Crippen molar-refractivity contribution in [3.05, 3.63) is 302 Å². The second-order valence-electron chi connectivity index (χ2n) is 31.3. The first kappa shape index (κ1) is 61.3. The highest BCUT2D eigenvalue weighted by Gasteiger charge is 2.47. The monoisotopic (exact) mass is 1370 g/mol. The molecule has 14 aromatic carbocycles. The van der Waals surface area contributed by atoms with Gasteiger partial charge in [0.15, 0.2) is 0 Å². The lowest BCUT2D eigenvalue weighted by molar-refractivity contribution is 0.332. The summed E-state index contributed by atoms with van der Waals surface area (Å²) in [6.07, 6.45) is 2.16. The quantitative estimate of drug-likeness (QED) is 0.142. The van der Waals surface area contributed by atoms with Crippen LogP contribution >= 0.6 is 22.7 Å². The van der Waals surface area contributed by atoms with Crippen molar-refractivity contribution in [3.63, 3.8) is 0 Å². The van der Waals surface area contributed by atoms with E-state index >= 15 is 0 Å². The second-order valence-corrected chi connectivity index (χ2v) is 33.5. The van der Waals surface area contributed by atoms with Gasteiger partial charge in [-0.15, -0.1) is 22.7 Å². The molecule has 0 atom stereocenters. The molecule has 104 heavy (non-hydrogen) atoms. The third-order valence-corrected chi connectivity index (χ3v) is 25.5. The summed E-state index contributed by atoms with van der Waals surface area (Å²) >= 11 is 3.80. The minimum absolute atomic E-state index is 0.0630. The lowest BCUT2D eigenvalue weighted by Gasteiger charge is -2.48. The third kappa shape index (κ3) is 9.17. The Hall–Kier alpha value is -11.4. The summed E-state index contributed by atoms with van der Waals surface area (Å²) in [7, 11) is 0. The van der Waals surface area contributed by atoms with Crippen LogP contribution in [0.25, 0.3) is 118 Å². The van der Waals surface area contributed by atoms with Gasteiger partial charge in [0.1, 0.15) is 22.3 Å². The Labute approximate surface area is 613 Å². The number of rotatable bonds is 8. The molecule has 0 saturated carbocycles. The summed E-state index contributed by atoms with van der Waals surface area (Å²) in [5, 5.41) is 9.59. The molecular formula is C96H72BN3O2S2. The molecule has 5 nitrogen and oxygen atoms in total. The van der Waals surface area contributed by atoms with E-state index in [2.05, 4.69) is 348 Å². The van der Waals surface area contributed by atoms with Crippen molar-refractivity contribution in [3.8, 4) is 33.4 Å². The van der Waals surface area contributed by atoms with Gasteiger partial charge in [0.05, 0.1) is 11.4 Å². The second kappa shape index (κ2) is 22.5. The van der Waals surface area contributed by atoms with Gasteiger partial charge >= 0.3 is 0 Å². The van der Waals surface area contributed by atoms with Crippen molar-refractivity contribution in [1.82, 2.24) is 0 Å². The molecule has 8 heteroatoms. The fourth-order valence-electron chi connectivity index (χ4n) is 18.1. The summed E-state index contributed by atoms with van der Waals surface area (Å²) in [6, 6.07) is 107. The Morgan fingerprint density at radius 1 is 0.365 bits per heavy atom. The maximum Gasteiger partial charge on any atom is 0.252 e. The van der Waals surface area contributed by atoms with Crippen molar-refractivity contribution in [1.29, 1.82) is 0 Å². The van der Waals surface area contributed by atoms with Crippen LogP contribution in [-0.2, 0) is 16.2 Å². The first-order valence-electron chi connectivity index (χ1n) is 36.5. The van der Waals surface area contributed by atoms with Crippen molar-refractivity contribution in [2.45, 2.75) is 77.6 Å². The highest BCUT2D eigenvalue weighted by atomic mass is 32.1. The summed E-state index contributed by atoms with van der Waals surface area (Å²) in [5.74, 6) is 0. The molecule has 21 rings (SSSR count). The largest absolute Gasteiger partial charge is 0.456 e. The van der Waals surface area contributed by atoms with Gasteiger partial charge in [0.25, 0.3) is 6.71 Å². The number of fused-ring (bicyclic) bond motifs is 19. The van der Waals surface area contributed by atoms with Crippen molar-refractivity contribution >= 4 is 181 Å². The molecule has 4 aromatic heterocycles. The Morgan fingerprint density at radius 2 is 0.942 bits per heavy atom. The van der Waals surface area contributed by atoms with Gasteiger partial charge in [-0.3, -0.25) is 0 Å². The molecule has 6 heterocycles.